The van der Waals surface area contributed by atoms with Gasteiger partial charge in [-0.3, -0.25) is 0 Å². The highest BCUT2D eigenvalue weighted by molar-refractivity contribution is 7.13. The van der Waals surface area contributed by atoms with Gasteiger partial charge in [-0.05, 0) is 18.5 Å². The molecule has 0 unspecified atom stereocenters. The van der Waals surface area contributed by atoms with Crippen molar-refractivity contribution >= 4 is 22.9 Å². The van der Waals surface area contributed by atoms with Crippen LogP contribution in [0.1, 0.15) is 5.69 Å². The van der Waals surface area contributed by atoms with Crippen LogP contribution >= 0.6 is 22.9 Å². The van der Waals surface area contributed by atoms with Gasteiger partial charge in [0.05, 0.1) is 10.6 Å². The summed E-state index contributed by atoms with van der Waals surface area (Å²) in [7, 11) is 1.88. The van der Waals surface area contributed by atoms with E-state index >= 15 is 0 Å². The molecule has 0 bridgehead atoms. The number of imidazole rings is 1. The number of hydrogen-bond donors (Lipinski definition) is 2. The number of nitrogens with one attached hydrogen (secondary N) is 2. The largest absolute Gasteiger partial charge is 0.339 e. The number of aromatic nitrogens is 2. The van der Waals surface area contributed by atoms with Gasteiger partial charge < -0.3 is 10.3 Å². The van der Waals surface area contributed by atoms with Gasteiger partial charge in [0, 0.05) is 6.54 Å². The smallest absolute Gasteiger partial charge is 0.152 e. The number of hydrogen-bond acceptors (Lipinski definition) is 3. The van der Waals surface area contributed by atoms with E-state index in [4.69, 9.17) is 11.6 Å². The zero-order chi connectivity index (χ0) is 9.97. The highest BCUT2D eigenvalue weighted by atomic mass is 35.5. The van der Waals surface area contributed by atoms with E-state index in [-0.39, 0.29) is 0 Å². The fourth-order valence-corrected chi connectivity index (χ4v) is 2.08. The third-order valence-corrected chi connectivity index (χ3v) is 3.03. The van der Waals surface area contributed by atoms with Gasteiger partial charge in [0.15, 0.2) is 5.15 Å². The van der Waals surface area contributed by atoms with E-state index in [2.05, 4.69) is 15.3 Å². The molecule has 2 N–H and O–H groups in total. The quantitative estimate of drug-likeness (QED) is 0.846. The Hall–Kier alpha value is -0.840. The second-order valence-electron chi connectivity index (χ2n) is 2.86. The van der Waals surface area contributed by atoms with Gasteiger partial charge in [-0.15, -0.1) is 11.3 Å². The second-order valence-corrected chi connectivity index (χ2v) is 4.17. The maximum Gasteiger partial charge on any atom is 0.152 e. The minimum atomic E-state index is 0.544. The zero-order valence-corrected chi connectivity index (χ0v) is 9.25. The lowest BCUT2D eigenvalue weighted by Crippen LogP contribution is -2.05. The van der Waals surface area contributed by atoms with E-state index in [1.54, 1.807) is 11.3 Å². The average Bonchev–Trinajstić information content (AvgIpc) is 2.76. The highest BCUT2D eigenvalue weighted by Gasteiger charge is 2.09. The lowest BCUT2D eigenvalue weighted by Gasteiger charge is -1.93. The third-order valence-electron chi connectivity index (χ3n) is 1.84. The van der Waals surface area contributed by atoms with Crippen LogP contribution in [-0.4, -0.2) is 17.0 Å². The van der Waals surface area contributed by atoms with Gasteiger partial charge in [0.2, 0.25) is 0 Å². The van der Waals surface area contributed by atoms with Crippen molar-refractivity contribution in [2.24, 2.45) is 0 Å². The first-order valence-corrected chi connectivity index (χ1v) is 5.50. The number of aromatic amines is 1. The number of rotatable bonds is 3. The lowest BCUT2D eigenvalue weighted by atomic mass is 10.4. The van der Waals surface area contributed by atoms with Gasteiger partial charge in [-0.2, -0.15) is 0 Å². The van der Waals surface area contributed by atoms with Crippen molar-refractivity contribution in [1.29, 1.82) is 0 Å². The molecule has 0 atom stereocenters. The van der Waals surface area contributed by atoms with E-state index in [0.717, 1.165) is 16.4 Å². The SMILES string of the molecule is CNCc1[nH]c(-c2cccs2)nc1Cl. The summed E-state index contributed by atoms with van der Waals surface area (Å²) in [5.41, 5.74) is 0.928. The third kappa shape index (κ3) is 1.82. The molecule has 0 aliphatic carbocycles. The van der Waals surface area contributed by atoms with Crippen LogP contribution in [0.5, 0.6) is 0 Å². The lowest BCUT2D eigenvalue weighted by molar-refractivity contribution is 0.798. The van der Waals surface area contributed by atoms with Gasteiger partial charge in [0.1, 0.15) is 5.82 Å². The summed E-state index contributed by atoms with van der Waals surface area (Å²) in [5, 5.41) is 5.59. The molecule has 2 heterocycles. The Balaban J connectivity index is 2.33. The standard InChI is InChI=1S/C9H10ClN3S/c1-11-5-6-8(10)13-9(12-6)7-3-2-4-14-7/h2-4,11H,5H2,1H3,(H,12,13). The zero-order valence-electron chi connectivity index (χ0n) is 7.67. The van der Waals surface area contributed by atoms with Crippen molar-refractivity contribution in [2.45, 2.75) is 6.54 Å². The summed E-state index contributed by atoms with van der Waals surface area (Å²) in [5.74, 6) is 0.843. The summed E-state index contributed by atoms with van der Waals surface area (Å²) in [6.45, 7) is 0.706. The summed E-state index contributed by atoms with van der Waals surface area (Å²) >= 11 is 7.61. The Labute approximate surface area is 91.1 Å². The van der Waals surface area contributed by atoms with E-state index < -0.39 is 0 Å². The number of halogens is 1. The topological polar surface area (TPSA) is 40.7 Å². The first-order valence-electron chi connectivity index (χ1n) is 4.24. The Kier molecular flexibility index (Phi) is 2.86. The highest BCUT2D eigenvalue weighted by Crippen LogP contribution is 2.24. The molecule has 14 heavy (non-hydrogen) atoms. The van der Waals surface area contributed by atoms with Gasteiger partial charge in [-0.1, -0.05) is 17.7 Å². The molecular weight excluding hydrogens is 218 g/mol. The Bertz CT molecular complexity index is 408. The molecule has 0 spiro atoms. The van der Waals surface area contributed by atoms with Crippen LogP contribution < -0.4 is 5.32 Å². The molecule has 0 aliphatic rings. The van der Waals surface area contributed by atoms with E-state index in [0.29, 0.717) is 11.7 Å². The predicted octanol–water partition coefficient (Wildman–Crippen LogP) is 2.51. The first-order chi connectivity index (χ1) is 6.81. The molecule has 0 aliphatic heterocycles. The maximum atomic E-state index is 5.96. The molecular formula is C9H10ClN3S. The molecule has 2 aromatic rings. The molecule has 0 saturated carbocycles. The van der Waals surface area contributed by atoms with Crippen LogP contribution in [0.25, 0.3) is 10.7 Å². The predicted molar refractivity (Wildman–Crippen MR) is 59.7 cm³/mol. The molecule has 5 heteroatoms. The van der Waals surface area contributed by atoms with Crippen LogP contribution in [0.3, 0.4) is 0 Å². The average molecular weight is 228 g/mol. The van der Waals surface area contributed by atoms with Crippen molar-refractivity contribution < 1.29 is 0 Å². The Morgan fingerprint density at radius 2 is 2.50 bits per heavy atom. The molecule has 0 radical (unpaired) electrons. The molecule has 3 nitrogen and oxygen atoms in total. The summed E-state index contributed by atoms with van der Waals surface area (Å²) in [6, 6.07) is 4.01. The number of H-pyrrole nitrogens is 1. The molecule has 0 fully saturated rings. The van der Waals surface area contributed by atoms with Crippen LogP contribution in [0, 0.1) is 0 Å². The summed E-state index contributed by atoms with van der Waals surface area (Å²) in [6.07, 6.45) is 0. The fourth-order valence-electron chi connectivity index (χ4n) is 1.21. The minimum Gasteiger partial charge on any atom is -0.339 e. The molecule has 0 saturated heterocycles. The molecule has 2 aromatic heterocycles. The van der Waals surface area contributed by atoms with Gasteiger partial charge in [0.25, 0.3) is 0 Å². The minimum absolute atomic E-state index is 0.544. The van der Waals surface area contributed by atoms with Crippen molar-refractivity contribution in [3.63, 3.8) is 0 Å². The Morgan fingerprint density at radius 1 is 1.64 bits per heavy atom. The molecule has 0 aromatic carbocycles. The van der Waals surface area contributed by atoms with Crippen molar-refractivity contribution in [3.8, 4) is 10.7 Å². The van der Waals surface area contributed by atoms with E-state index in [1.807, 2.05) is 24.6 Å². The van der Waals surface area contributed by atoms with Crippen LogP contribution in [0.15, 0.2) is 17.5 Å². The van der Waals surface area contributed by atoms with E-state index in [9.17, 15) is 0 Å². The van der Waals surface area contributed by atoms with Crippen molar-refractivity contribution in [3.05, 3.63) is 28.4 Å². The van der Waals surface area contributed by atoms with Crippen LogP contribution in [-0.2, 0) is 6.54 Å². The van der Waals surface area contributed by atoms with Crippen molar-refractivity contribution in [1.82, 2.24) is 15.3 Å². The normalized spacial score (nSPS) is 10.7. The summed E-state index contributed by atoms with van der Waals surface area (Å²) < 4.78 is 0. The molecule has 74 valence electrons. The second kappa shape index (κ2) is 4.13. The maximum absolute atomic E-state index is 5.96. The van der Waals surface area contributed by atoms with Gasteiger partial charge in [-0.25, -0.2) is 4.98 Å². The molecule has 2 rings (SSSR count). The van der Waals surface area contributed by atoms with Crippen molar-refractivity contribution in [2.75, 3.05) is 7.05 Å². The van der Waals surface area contributed by atoms with Gasteiger partial charge >= 0.3 is 0 Å². The monoisotopic (exact) mass is 227 g/mol. The first kappa shape index (κ1) is 9.71. The van der Waals surface area contributed by atoms with Crippen LogP contribution in [0.4, 0.5) is 0 Å². The van der Waals surface area contributed by atoms with E-state index in [1.165, 1.54) is 0 Å². The number of nitrogens with zero attached hydrogens (tertiary/aromatic N) is 1. The van der Waals surface area contributed by atoms with Crippen LogP contribution in [0.2, 0.25) is 5.15 Å². The number of thiophene rings is 1. The molecule has 0 amide bonds. The fraction of sp³-hybridized carbons (Fsp3) is 0.222. The Morgan fingerprint density at radius 3 is 3.14 bits per heavy atom. The summed E-state index contributed by atoms with van der Waals surface area (Å²) in [4.78, 5) is 8.55.